The number of aliphatic imine (C=N–C) groups is 1. The number of benzene rings is 1. The average Bonchev–Trinajstić information content (AvgIpc) is 3.25. The first-order chi connectivity index (χ1) is 15.0. The van der Waals surface area contributed by atoms with Crippen LogP contribution in [-0.4, -0.2) is 29.6 Å². The van der Waals surface area contributed by atoms with Gasteiger partial charge in [-0.05, 0) is 50.8 Å². The van der Waals surface area contributed by atoms with Gasteiger partial charge in [0.25, 0.3) is 5.91 Å². The highest BCUT2D eigenvalue weighted by Crippen LogP contribution is 2.22. The molecule has 0 aliphatic carbocycles. The number of nitrogens with one attached hydrogen (secondary N) is 3. The maximum atomic E-state index is 12.4. The zero-order valence-corrected chi connectivity index (χ0v) is 19.5. The zero-order chi connectivity index (χ0) is 22.6. The third-order valence-corrected chi connectivity index (χ3v) is 5.35. The molecular weight excluding hydrogens is 390 g/mol. The Bertz CT molecular complexity index is 842. The van der Waals surface area contributed by atoms with Gasteiger partial charge in [0.1, 0.15) is 0 Å². The Morgan fingerprint density at radius 1 is 1.10 bits per heavy atom. The van der Waals surface area contributed by atoms with Crippen LogP contribution in [0.1, 0.15) is 87.2 Å². The number of aromatic nitrogens is 1. The Labute approximate surface area is 186 Å². The maximum Gasteiger partial charge on any atom is 0.251 e. The Morgan fingerprint density at radius 2 is 1.87 bits per heavy atom. The second-order valence-electron chi connectivity index (χ2n) is 7.76. The Kier molecular flexibility index (Phi) is 10.1. The van der Waals surface area contributed by atoms with Crippen LogP contribution >= 0.6 is 0 Å². The minimum atomic E-state index is -0.0520. The van der Waals surface area contributed by atoms with Crippen molar-refractivity contribution in [1.82, 2.24) is 21.1 Å². The standard InChI is InChI=1S/C24H37N5O2/c1-6-17(5)28-23(30)20-12-10-11-18(13-20)15-26-24(25-9-4)27-16-21-14-22(29-31-21)19(7-2)8-3/h10-14,17,19H,6-9,15-16H2,1-5H3,(H,28,30)(H2,25,26,27). The van der Waals surface area contributed by atoms with Crippen LogP contribution in [0.25, 0.3) is 0 Å². The van der Waals surface area contributed by atoms with E-state index in [2.05, 4.69) is 46.9 Å². The third kappa shape index (κ3) is 7.74. The topological polar surface area (TPSA) is 91.5 Å². The number of nitrogens with zero attached hydrogens (tertiary/aromatic N) is 2. The summed E-state index contributed by atoms with van der Waals surface area (Å²) in [5.41, 5.74) is 2.64. The van der Waals surface area contributed by atoms with Crippen LogP contribution in [-0.2, 0) is 13.1 Å². The largest absolute Gasteiger partial charge is 0.359 e. The van der Waals surface area contributed by atoms with Crippen molar-refractivity contribution >= 4 is 11.9 Å². The fourth-order valence-electron chi connectivity index (χ4n) is 3.21. The number of carbonyl (C=O) groups is 1. The second kappa shape index (κ2) is 12.8. The first-order valence-corrected chi connectivity index (χ1v) is 11.4. The maximum absolute atomic E-state index is 12.4. The van der Waals surface area contributed by atoms with Crippen molar-refractivity contribution in [2.24, 2.45) is 4.99 Å². The van der Waals surface area contributed by atoms with Gasteiger partial charge in [0.2, 0.25) is 0 Å². The summed E-state index contributed by atoms with van der Waals surface area (Å²) in [5, 5.41) is 13.8. The quantitative estimate of drug-likeness (QED) is 0.366. The van der Waals surface area contributed by atoms with E-state index in [-0.39, 0.29) is 11.9 Å². The van der Waals surface area contributed by atoms with Gasteiger partial charge in [0.05, 0.1) is 18.8 Å². The van der Waals surface area contributed by atoms with Crippen LogP contribution in [0.4, 0.5) is 0 Å². The van der Waals surface area contributed by atoms with Gasteiger partial charge in [-0.15, -0.1) is 0 Å². The lowest BCUT2D eigenvalue weighted by molar-refractivity contribution is 0.0939. The average molecular weight is 428 g/mol. The van der Waals surface area contributed by atoms with Crippen molar-refractivity contribution in [2.45, 2.75) is 78.9 Å². The van der Waals surface area contributed by atoms with Crippen molar-refractivity contribution < 1.29 is 9.32 Å². The zero-order valence-electron chi connectivity index (χ0n) is 19.5. The molecule has 0 saturated carbocycles. The van der Waals surface area contributed by atoms with Crippen molar-refractivity contribution in [1.29, 1.82) is 0 Å². The van der Waals surface area contributed by atoms with Gasteiger partial charge in [-0.2, -0.15) is 0 Å². The van der Waals surface area contributed by atoms with E-state index in [0.29, 0.717) is 30.5 Å². The molecule has 0 spiro atoms. The van der Waals surface area contributed by atoms with E-state index in [4.69, 9.17) is 4.52 Å². The molecule has 2 rings (SSSR count). The summed E-state index contributed by atoms with van der Waals surface area (Å²) >= 11 is 0. The Hall–Kier alpha value is -2.83. The summed E-state index contributed by atoms with van der Waals surface area (Å²) in [4.78, 5) is 17.0. The van der Waals surface area contributed by atoms with E-state index in [1.807, 2.05) is 44.2 Å². The molecule has 1 unspecified atom stereocenters. The van der Waals surface area contributed by atoms with E-state index in [0.717, 1.165) is 42.8 Å². The molecule has 1 heterocycles. The van der Waals surface area contributed by atoms with Gasteiger partial charge >= 0.3 is 0 Å². The molecule has 2 aromatic rings. The highest BCUT2D eigenvalue weighted by atomic mass is 16.5. The first-order valence-electron chi connectivity index (χ1n) is 11.4. The van der Waals surface area contributed by atoms with Gasteiger partial charge in [0.15, 0.2) is 11.7 Å². The van der Waals surface area contributed by atoms with E-state index in [1.54, 1.807) is 0 Å². The molecule has 0 saturated heterocycles. The summed E-state index contributed by atoms with van der Waals surface area (Å²) in [5.74, 6) is 1.86. The Balaban J connectivity index is 2.00. The van der Waals surface area contributed by atoms with Crippen molar-refractivity contribution in [2.75, 3.05) is 6.54 Å². The molecule has 0 aliphatic heterocycles. The van der Waals surface area contributed by atoms with Crippen LogP contribution in [0.15, 0.2) is 39.8 Å². The second-order valence-corrected chi connectivity index (χ2v) is 7.76. The monoisotopic (exact) mass is 427 g/mol. The molecule has 0 radical (unpaired) electrons. The van der Waals surface area contributed by atoms with E-state index in [9.17, 15) is 4.79 Å². The van der Waals surface area contributed by atoms with Gasteiger partial charge in [-0.3, -0.25) is 4.79 Å². The molecule has 7 nitrogen and oxygen atoms in total. The molecule has 1 aromatic heterocycles. The van der Waals surface area contributed by atoms with Gasteiger partial charge < -0.3 is 20.5 Å². The molecule has 0 fully saturated rings. The number of amides is 1. The molecule has 1 aromatic carbocycles. The number of hydrogen-bond donors (Lipinski definition) is 3. The number of carbonyl (C=O) groups excluding carboxylic acids is 1. The summed E-state index contributed by atoms with van der Waals surface area (Å²) in [6.45, 7) is 12.1. The normalized spacial score (nSPS) is 12.6. The molecule has 0 bridgehead atoms. The minimum Gasteiger partial charge on any atom is -0.359 e. The predicted molar refractivity (Wildman–Crippen MR) is 125 cm³/mol. The summed E-state index contributed by atoms with van der Waals surface area (Å²) in [7, 11) is 0. The molecule has 0 aliphatic rings. The smallest absolute Gasteiger partial charge is 0.251 e. The summed E-state index contributed by atoms with van der Waals surface area (Å²) in [6, 6.07) is 9.77. The van der Waals surface area contributed by atoms with Crippen molar-refractivity contribution in [3.8, 4) is 0 Å². The van der Waals surface area contributed by atoms with Gasteiger partial charge in [0, 0.05) is 30.1 Å². The van der Waals surface area contributed by atoms with Crippen LogP contribution < -0.4 is 16.0 Å². The minimum absolute atomic E-state index is 0.0520. The molecule has 1 atom stereocenters. The summed E-state index contributed by atoms with van der Waals surface area (Å²) in [6.07, 6.45) is 3.00. The number of hydrogen-bond acceptors (Lipinski definition) is 4. The third-order valence-electron chi connectivity index (χ3n) is 5.35. The predicted octanol–water partition coefficient (Wildman–Crippen LogP) is 4.36. The lowest BCUT2D eigenvalue weighted by Gasteiger charge is -2.12. The van der Waals surface area contributed by atoms with Crippen LogP contribution in [0.2, 0.25) is 0 Å². The van der Waals surface area contributed by atoms with Crippen LogP contribution in [0.3, 0.4) is 0 Å². The van der Waals surface area contributed by atoms with E-state index in [1.165, 1.54) is 0 Å². The van der Waals surface area contributed by atoms with Crippen molar-refractivity contribution in [3.63, 3.8) is 0 Å². The first kappa shape index (κ1) is 24.4. The van der Waals surface area contributed by atoms with Crippen LogP contribution in [0.5, 0.6) is 0 Å². The molecule has 31 heavy (non-hydrogen) atoms. The lowest BCUT2D eigenvalue weighted by Crippen LogP contribution is -2.36. The highest BCUT2D eigenvalue weighted by molar-refractivity contribution is 5.94. The fraction of sp³-hybridized carbons (Fsp3) is 0.542. The summed E-state index contributed by atoms with van der Waals surface area (Å²) < 4.78 is 5.48. The molecule has 7 heteroatoms. The molecule has 3 N–H and O–H groups in total. The molecule has 170 valence electrons. The number of guanidine groups is 1. The fourth-order valence-corrected chi connectivity index (χ4v) is 3.21. The van der Waals surface area contributed by atoms with Crippen molar-refractivity contribution in [3.05, 3.63) is 52.9 Å². The lowest BCUT2D eigenvalue weighted by atomic mass is 9.99. The number of rotatable bonds is 11. The highest BCUT2D eigenvalue weighted by Gasteiger charge is 2.13. The van der Waals surface area contributed by atoms with Crippen LogP contribution in [0, 0.1) is 0 Å². The van der Waals surface area contributed by atoms with E-state index >= 15 is 0 Å². The van der Waals surface area contributed by atoms with Gasteiger partial charge in [-0.1, -0.05) is 38.1 Å². The molecule has 1 amide bonds. The Morgan fingerprint density at radius 3 is 2.55 bits per heavy atom. The molecular formula is C24H37N5O2. The SMILES string of the molecule is CCNC(=NCc1cccc(C(=O)NC(C)CC)c1)NCc1cc(C(CC)CC)no1. The van der Waals surface area contributed by atoms with E-state index < -0.39 is 0 Å². The van der Waals surface area contributed by atoms with Gasteiger partial charge in [-0.25, -0.2) is 4.99 Å².